The molecule has 7 heteroatoms. The second-order valence-electron chi connectivity index (χ2n) is 5.00. The molecule has 1 N–H and O–H groups in total. The quantitative estimate of drug-likeness (QED) is 0.518. The summed E-state index contributed by atoms with van der Waals surface area (Å²) in [6, 6.07) is 3.31. The Balaban J connectivity index is 1.88. The van der Waals surface area contributed by atoms with E-state index in [0.29, 0.717) is 12.1 Å². The van der Waals surface area contributed by atoms with Crippen LogP contribution in [-0.4, -0.2) is 40.9 Å². The summed E-state index contributed by atoms with van der Waals surface area (Å²) in [6.07, 6.45) is 4.47. The van der Waals surface area contributed by atoms with Crippen LogP contribution < -0.4 is 4.90 Å². The van der Waals surface area contributed by atoms with Crippen LogP contribution >= 0.6 is 0 Å². The van der Waals surface area contributed by atoms with E-state index < -0.39 is 4.92 Å². The van der Waals surface area contributed by atoms with Crippen molar-refractivity contribution in [2.45, 2.75) is 12.5 Å². The van der Waals surface area contributed by atoms with Gasteiger partial charge in [0.1, 0.15) is 5.52 Å². The van der Waals surface area contributed by atoms with Gasteiger partial charge in [-0.2, -0.15) is 5.10 Å². The second-order valence-corrected chi connectivity index (χ2v) is 5.00. The number of rotatable bonds is 5. The van der Waals surface area contributed by atoms with E-state index in [-0.39, 0.29) is 11.8 Å². The fourth-order valence-electron chi connectivity index (χ4n) is 2.72. The molecule has 1 unspecified atom stereocenters. The van der Waals surface area contributed by atoms with E-state index in [0.717, 1.165) is 30.6 Å². The van der Waals surface area contributed by atoms with Crippen LogP contribution in [-0.2, 0) is 4.74 Å². The highest BCUT2D eigenvalue weighted by atomic mass is 16.6. The molecule has 0 bridgehead atoms. The molecule has 1 aromatic heterocycles. The lowest BCUT2D eigenvalue weighted by molar-refractivity contribution is -0.383. The first-order valence-corrected chi connectivity index (χ1v) is 6.78. The fraction of sp³-hybridized carbons (Fsp3) is 0.357. The monoisotopic (exact) mass is 288 g/mol. The SMILES string of the molecule is C=CCOC1CCN(c2ccc([N+](=O)[O-])c3[nH]ncc23)C1. The van der Waals surface area contributed by atoms with Gasteiger partial charge in [0.05, 0.1) is 29.2 Å². The molecule has 110 valence electrons. The molecule has 7 nitrogen and oxygen atoms in total. The summed E-state index contributed by atoms with van der Waals surface area (Å²) in [4.78, 5) is 12.8. The molecule has 0 aliphatic carbocycles. The Labute approximate surface area is 121 Å². The zero-order valence-electron chi connectivity index (χ0n) is 11.5. The number of ether oxygens (including phenoxy) is 1. The van der Waals surface area contributed by atoms with Gasteiger partial charge in [0.15, 0.2) is 0 Å². The first-order chi connectivity index (χ1) is 10.2. The minimum atomic E-state index is -0.399. The number of nitro benzene ring substituents is 1. The van der Waals surface area contributed by atoms with Crippen LogP contribution in [0.1, 0.15) is 6.42 Å². The third-order valence-corrected chi connectivity index (χ3v) is 3.70. The maximum atomic E-state index is 11.0. The number of H-pyrrole nitrogens is 1. The third-order valence-electron chi connectivity index (χ3n) is 3.70. The van der Waals surface area contributed by atoms with Gasteiger partial charge in [-0.15, -0.1) is 6.58 Å². The smallest absolute Gasteiger partial charge is 0.295 e. The van der Waals surface area contributed by atoms with Crippen LogP contribution in [0, 0.1) is 10.1 Å². The van der Waals surface area contributed by atoms with Crippen LogP contribution in [0.5, 0.6) is 0 Å². The van der Waals surface area contributed by atoms with E-state index in [4.69, 9.17) is 4.74 Å². The van der Waals surface area contributed by atoms with E-state index in [2.05, 4.69) is 21.7 Å². The Morgan fingerprint density at radius 3 is 3.24 bits per heavy atom. The van der Waals surface area contributed by atoms with E-state index in [9.17, 15) is 10.1 Å². The van der Waals surface area contributed by atoms with Crippen LogP contribution in [0.2, 0.25) is 0 Å². The number of aromatic amines is 1. The highest BCUT2D eigenvalue weighted by molar-refractivity contribution is 5.97. The van der Waals surface area contributed by atoms with E-state index in [1.807, 2.05) is 0 Å². The van der Waals surface area contributed by atoms with Crippen LogP contribution in [0.25, 0.3) is 10.9 Å². The molecular formula is C14H16N4O3. The molecule has 0 spiro atoms. The van der Waals surface area contributed by atoms with Crippen molar-refractivity contribution >= 4 is 22.3 Å². The van der Waals surface area contributed by atoms with Crippen LogP contribution in [0.15, 0.2) is 31.0 Å². The Morgan fingerprint density at radius 1 is 1.62 bits per heavy atom. The number of anilines is 1. The number of nitrogens with one attached hydrogen (secondary N) is 1. The second kappa shape index (κ2) is 5.53. The number of aromatic nitrogens is 2. The molecule has 1 aromatic carbocycles. The maximum absolute atomic E-state index is 11.0. The lowest BCUT2D eigenvalue weighted by atomic mass is 10.2. The predicted molar refractivity (Wildman–Crippen MR) is 79.5 cm³/mol. The standard InChI is InChI=1S/C14H16N4O3/c1-2-7-21-10-5-6-17(9-10)12-3-4-13(18(19)20)14-11(12)8-15-16-14/h2-4,8,10H,1,5-7,9H2,(H,15,16). The first-order valence-electron chi connectivity index (χ1n) is 6.78. The molecule has 21 heavy (non-hydrogen) atoms. The Bertz CT molecular complexity index is 682. The summed E-state index contributed by atoms with van der Waals surface area (Å²) < 4.78 is 5.67. The van der Waals surface area contributed by atoms with Crippen molar-refractivity contribution in [2.24, 2.45) is 0 Å². The van der Waals surface area contributed by atoms with E-state index in [1.165, 1.54) is 6.07 Å². The molecule has 0 amide bonds. The molecular weight excluding hydrogens is 272 g/mol. The van der Waals surface area contributed by atoms with Gasteiger partial charge in [-0.1, -0.05) is 6.08 Å². The lowest BCUT2D eigenvalue weighted by Gasteiger charge is -2.19. The average Bonchev–Trinajstić information content (AvgIpc) is 3.13. The van der Waals surface area contributed by atoms with Crippen molar-refractivity contribution in [3.63, 3.8) is 0 Å². The number of benzene rings is 1. The summed E-state index contributed by atoms with van der Waals surface area (Å²) in [5.74, 6) is 0. The van der Waals surface area contributed by atoms with Gasteiger partial charge in [-0.3, -0.25) is 15.2 Å². The van der Waals surface area contributed by atoms with Gasteiger partial charge in [0.25, 0.3) is 5.69 Å². The minimum Gasteiger partial charge on any atom is -0.372 e. The highest BCUT2D eigenvalue weighted by Gasteiger charge is 2.26. The average molecular weight is 288 g/mol. The molecule has 0 radical (unpaired) electrons. The molecule has 2 heterocycles. The lowest BCUT2D eigenvalue weighted by Crippen LogP contribution is -2.23. The summed E-state index contributed by atoms with van der Waals surface area (Å²) in [7, 11) is 0. The van der Waals surface area contributed by atoms with Crippen molar-refractivity contribution in [1.82, 2.24) is 10.2 Å². The number of fused-ring (bicyclic) bond motifs is 1. The Kier molecular flexibility index (Phi) is 3.57. The number of nitro groups is 1. The summed E-state index contributed by atoms with van der Waals surface area (Å²) in [5, 5.41) is 18.5. The maximum Gasteiger partial charge on any atom is 0.295 e. The summed E-state index contributed by atoms with van der Waals surface area (Å²) in [6.45, 7) is 5.82. The molecule has 1 aliphatic rings. The fourth-order valence-corrected chi connectivity index (χ4v) is 2.72. The van der Waals surface area contributed by atoms with Crippen molar-refractivity contribution < 1.29 is 9.66 Å². The Morgan fingerprint density at radius 2 is 2.48 bits per heavy atom. The topological polar surface area (TPSA) is 84.3 Å². The van der Waals surface area contributed by atoms with E-state index in [1.54, 1.807) is 18.3 Å². The zero-order chi connectivity index (χ0) is 14.8. The zero-order valence-corrected chi connectivity index (χ0v) is 11.5. The van der Waals surface area contributed by atoms with Gasteiger partial charge in [-0.05, 0) is 12.5 Å². The Hall–Kier alpha value is -2.41. The molecule has 3 rings (SSSR count). The first kappa shape index (κ1) is 13.6. The highest BCUT2D eigenvalue weighted by Crippen LogP contribution is 2.33. The van der Waals surface area contributed by atoms with E-state index >= 15 is 0 Å². The largest absolute Gasteiger partial charge is 0.372 e. The van der Waals surface area contributed by atoms with Gasteiger partial charge in [0.2, 0.25) is 0 Å². The van der Waals surface area contributed by atoms with Gasteiger partial charge in [0, 0.05) is 24.8 Å². The molecule has 2 aromatic rings. The molecule has 0 saturated carbocycles. The summed E-state index contributed by atoms with van der Waals surface area (Å²) in [5.41, 5.74) is 1.46. The van der Waals surface area contributed by atoms with Gasteiger partial charge >= 0.3 is 0 Å². The molecule has 1 aliphatic heterocycles. The number of non-ortho nitro benzene ring substituents is 1. The van der Waals surface area contributed by atoms with Crippen molar-refractivity contribution in [3.8, 4) is 0 Å². The van der Waals surface area contributed by atoms with Gasteiger partial charge in [-0.25, -0.2) is 0 Å². The minimum absolute atomic E-state index is 0.0462. The number of hydrogen-bond acceptors (Lipinski definition) is 5. The van der Waals surface area contributed by atoms with Crippen molar-refractivity contribution in [2.75, 3.05) is 24.6 Å². The normalized spacial score (nSPS) is 18.3. The van der Waals surface area contributed by atoms with Gasteiger partial charge < -0.3 is 9.64 Å². The predicted octanol–water partition coefficient (Wildman–Crippen LogP) is 2.25. The number of nitrogens with zero attached hydrogens (tertiary/aromatic N) is 3. The number of hydrogen-bond donors (Lipinski definition) is 1. The molecule has 1 atom stereocenters. The summed E-state index contributed by atoms with van der Waals surface area (Å²) >= 11 is 0. The molecule has 1 fully saturated rings. The van der Waals surface area contributed by atoms with Crippen LogP contribution in [0.4, 0.5) is 11.4 Å². The van der Waals surface area contributed by atoms with Crippen molar-refractivity contribution in [3.05, 3.63) is 41.1 Å². The van der Waals surface area contributed by atoms with Crippen molar-refractivity contribution in [1.29, 1.82) is 0 Å². The third kappa shape index (κ3) is 2.47. The van der Waals surface area contributed by atoms with Crippen LogP contribution in [0.3, 0.4) is 0 Å². The molecule has 1 saturated heterocycles.